The maximum absolute atomic E-state index is 13.5. The lowest BCUT2D eigenvalue weighted by molar-refractivity contribution is 0.0734. The Morgan fingerprint density at radius 2 is 1.81 bits per heavy atom. The van der Waals surface area contributed by atoms with E-state index in [2.05, 4.69) is 10.1 Å². The number of halogens is 3. The predicted molar refractivity (Wildman–Crippen MR) is 88.5 cm³/mol. The molecule has 4 aromatic rings. The van der Waals surface area contributed by atoms with E-state index in [9.17, 15) is 18.0 Å². The van der Waals surface area contributed by atoms with Crippen LogP contribution < -0.4 is 4.74 Å². The number of benzene rings is 2. The Hall–Kier alpha value is -3.68. The van der Waals surface area contributed by atoms with Crippen LogP contribution in [0.5, 0.6) is 5.75 Å². The van der Waals surface area contributed by atoms with Crippen LogP contribution in [0, 0.1) is 17.5 Å². The first-order chi connectivity index (χ1) is 13.0. The Bertz CT molecular complexity index is 1140. The summed E-state index contributed by atoms with van der Waals surface area (Å²) in [5.41, 5.74) is 0.651. The molecule has 2 heterocycles. The standard InChI is InChI=1S/C19H9F3N2O3/c20-14-6-11(7-15(21)17(14)22)18-13-4-3-12(8-16(13)27-24-18)26-19(25)10-2-1-5-23-9-10/h1-9H. The van der Waals surface area contributed by atoms with Gasteiger partial charge in [0.05, 0.1) is 5.56 Å². The molecule has 4 rings (SSSR count). The van der Waals surface area contributed by atoms with Crippen LogP contribution in [0.15, 0.2) is 59.4 Å². The molecule has 0 aliphatic carbocycles. The van der Waals surface area contributed by atoms with Crippen molar-refractivity contribution in [3.8, 4) is 17.0 Å². The number of fused-ring (bicyclic) bond motifs is 1. The Kier molecular flexibility index (Phi) is 4.08. The molecular formula is C19H9F3N2O3. The summed E-state index contributed by atoms with van der Waals surface area (Å²) in [5, 5.41) is 4.19. The van der Waals surface area contributed by atoms with E-state index >= 15 is 0 Å². The van der Waals surface area contributed by atoms with E-state index in [0.29, 0.717) is 5.39 Å². The molecule has 0 atom stereocenters. The number of ether oxygens (including phenoxy) is 1. The van der Waals surface area contributed by atoms with Crippen molar-refractivity contribution in [2.45, 2.75) is 0 Å². The highest BCUT2D eigenvalue weighted by molar-refractivity contribution is 5.94. The van der Waals surface area contributed by atoms with Crippen molar-refractivity contribution in [3.05, 3.63) is 77.9 Å². The molecule has 0 saturated carbocycles. The van der Waals surface area contributed by atoms with E-state index in [1.54, 1.807) is 12.1 Å². The highest BCUT2D eigenvalue weighted by Crippen LogP contribution is 2.32. The second kappa shape index (κ2) is 6.56. The molecule has 8 heteroatoms. The molecule has 0 unspecified atom stereocenters. The van der Waals surface area contributed by atoms with Gasteiger partial charge in [-0.2, -0.15) is 0 Å². The Labute approximate surface area is 150 Å². The molecule has 0 spiro atoms. The molecule has 134 valence electrons. The molecule has 27 heavy (non-hydrogen) atoms. The summed E-state index contributed by atoms with van der Waals surface area (Å²) in [6.07, 6.45) is 2.89. The van der Waals surface area contributed by atoms with Gasteiger partial charge in [-0.25, -0.2) is 18.0 Å². The van der Waals surface area contributed by atoms with Crippen LogP contribution in [0.4, 0.5) is 13.2 Å². The van der Waals surface area contributed by atoms with Crippen molar-refractivity contribution in [2.24, 2.45) is 0 Å². The molecular weight excluding hydrogens is 361 g/mol. The minimum atomic E-state index is -1.56. The average Bonchev–Trinajstić information content (AvgIpc) is 3.09. The molecule has 0 bridgehead atoms. The predicted octanol–water partition coefficient (Wildman–Crippen LogP) is 4.53. The van der Waals surface area contributed by atoms with Gasteiger partial charge in [-0.1, -0.05) is 5.16 Å². The van der Waals surface area contributed by atoms with Gasteiger partial charge in [0, 0.05) is 29.4 Å². The van der Waals surface area contributed by atoms with E-state index in [4.69, 9.17) is 9.26 Å². The van der Waals surface area contributed by atoms with Crippen LogP contribution in [0.3, 0.4) is 0 Å². The van der Waals surface area contributed by atoms with Crippen molar-refractivity contribution in [3.63, 3.8) is 0 Å². The molecule has 5 nitrogen and oxygen atoms in total. The van der Waals surface area contributed by atoms with Crippen LogP contribution in [-0.4, -0.2) is 16.1 Å². The summed E-state index contributed by atoms with van der Waals surface area (Å²) < 4.78 is 50.5. The number of hydrogen-bond donors (Lipinski definition) is 0. The number of esters is 1. The molecule has 0 radical (unpaired) electrons. The smallest absolute Gasteiger partial charge is 0.345 e. The van der Waals surface area contributed by atoms with Crippen molar-refractivity contribution in [2.75, 3.05) is 0 Å². The quantitative estimate of drug-likeness (QED) is 0.301. The number of nitrogens with zero attached hydrogens (tertiary/aromatic N) is 2. The number of aromatic nitrogens is 2. The van der Waals surface area contributed by atoms with Crippen LogP contribution in [-0.2, 0) is 0 Å². The molecule has 0 N–H and O–H groups in total. The number of hydrogen-bond acceptors (Lipinski definition) is 5. The van der Waals surface area contributed by atoms with E-state index in [1.807, 2.05) is 0 Å². The van der Waals surface area contributed by atoms with Gasteiger partial charge < -0.3 is 9.26 Å². The summed E-state index contributed by atoms with van der Waals surface area (Å²) in [5.74, 6) is -4.64. The first kappa shape index (κ1) is 16.8. The zero-order valence-electron chi connectivity index (χ0n) is 13.4. The molecule has 0 aliphatic heterocycles. The molecule has 0 saturated heterocycles. The first-order valence-corrected chi connectivity index (χ1v) is 7.69. The lowest BCUT2D eigenvalue weighted by Gasteiger charge is -2.04. The molecule has 0 amide bonds. The van der Waals surface area contributed by atoms with Crippen LogP contribution in [0.2, 0.25) is 0 Å². The third-order valence-corrected chi connectivity index (χ3v) is 3.81. The van der Waals surface area contributed by atoms with Crippen molar-refractivity contribution in [1.82, 2.24) is 10.1 Å². The topological polar surface area (TPSA) is 65.2 Å². The maximum atomic E-state index is 13.5. The fourth-order valence-corrected chi connectivity index (χ4v) is 2.53. The summed E-state index contributed by atoms with van der Waals surface area (Å²) in [6, 6.07) is 9.22. The zero-order chi connectivity index (χ0) is 19.0. The van der Waals surface area contributed by atoms with Gasteiger partial charge in [0.1, 0.15) is 11.4 Å². The van der Waals surface area contributed by atoms with Crippen molar-refractivity contribution >= 4 is 16.9 Å². The Morgan fingerprint density at radius 3 is 2.52 bits per heavy atom. The van der Waals surface area contributed by atoms with Crippen LogP contribution in [0.1, 0.15) is 10.4 Å². The van der Waals surface area contributed by atoms with Gasteiger partial charge in [0.15, 0.2) is 23.0 Å². The third kappa shape index (κ3) is 3.12. The SMILES string of the molecule is O=C(Oc1ccc2c(-c3cc(F)c(F)c(F)c3)noc2c1)c1cccnc1. The van der Waals surface area contributed by atoms with Crippen molar-refractivity contribution < 1.29 is 27.2 Å². The van der Waals surface area contributed by atoms with Crippen molar-refractivity contribution in [1.29, 1.82) is 0 Å². The third-order valence-electron chi connectivity index (χ3n) is 3.81. The number of carbonyl (C=O) groups is 1. The highest BCUT2D eigenvalue weighted by atomic mass is 19.2. The summed E-state index contributed by atoms with van der Waals surface area (Å²) in [4.78, 5) is 15.9. The summed E-state index contributed by atoms with van der Waals surface area (Å²) >= 11 is 0. The van der Waals surface area contributed by atoms with Gasteiger partial charge in [-0.3, -0.25) is 4.98 Å². The number of pyridine rings is 1. The molecule has 2 aromatic carbocycles. The normalized spacial score (nSPS) is 10.9. The van der Waals surface area contributed by atoms with E-state index in [0.717, 1.165) is 12.1 Å². The molecule has 0 fully saturated rings. The fraction of sp³-hybridized carbons (Fsp3) is 0. The van der Waals surface area contributed by atoms with Gasteiger partial charge in [0.2, 0.25) is 0 Å². The monoisotopic (exact) mass is 370 g/mol. The first-order valence-electron chi connectivity index (χ1n) is 7.69. The van der Waals surface area contributed by atoms with Gasteiger partial charge >= 0.3 is 5.97 Å². The lowest BCUT2D eigenvalue weighted by atomic mass is 10.1. The minimum absolute atomic E-state index is 0.0188. The lowest BCUT2D eigenvalue weighted by Crippen LogP contribution is -2.08. The van der Waals surface area contributed by atoms with Gasteiger partial charge in [-0.05, 0) is 36.4 Å². The largest absolute Gasteiger partial charge is 0.423 e. The summed E-state index contributed by atoms with van der Waals surface area (Å²) in [6.45, 7) is 0. The number of carbonyl (C=O) groups excluding carboxylic acids is 1. The second-order valence-electron chi connectivity index (χ2n) is 5.57. The van der Waals surface area contributed by atoms with Crippen LogP contribution >= 0.6 is 0 Å². The van der Waals surface area contributed by atoms with Gasteiger partial charge in [0.25, 0.3) is 0 Å². The maximum Gasteiger partial charge on any atom is 0.345 e. The van der Waals surface area contributed by atoms with E-state index < -0.39 is 23.4 Å². The summed E-state index contributed by atoms with van der Waals surface area (Å²) in [7, 11) is 0. The van der Waals surface area contributed by atoms with E-state index in [1.165, 1.54) is 30.6 Å². The molecule has 2 aromatic heterocycles. The Morgan fingerprint density at radius 1 is 1.04 bits per heavy atom. The fourth-order valence-electron chi connectivity index (χ4n) is 2.53. The molecule has 0 aliphatic rings. The highest BCUT2D eigenvalue weighted by Gasteiger charge is 2.17. The number of rotatable bonds is 3. The second-order valence-corrected chi connectivity index (χ2v) is 5.57. The van der Waals surface area contributed by atoms with E-state index in [-0.39, 0.29) is 28.2 Å². The minimum Gasteiger partial charge on any atom is -0.423 e. The van der Waals surface area contributed by atoms with Gasteiger partial charge in [-0.15, -0.1) is 0 Å². The average molecular weight is 370 g/mol. The Balaban J connectivity index is 1.67. The zero-order valence-corrected chi connectivity index (χ0v) is 13.4. The van der Waals surface area contributed by atoms with Crippen LogP contribution in [0.25, 0.3) is 22.2 Å².